The Morgan fingerprint density at radius 1 is 1.14 bits per heavy atom. The number of nitrogens with zero attached hydrogens (tertiary/aromatic N) is 2. The van der Waals surface area contributed by atoms with E-state index >= 15 is 0 Å². The van der Waals surface area contributed by atoms with Crippen LogP contribution in [0.3, 0.4) is 0 Å². The fourth-order valence-corrected chi connectivity index (χ4v) is 4.00. The van der Waals surface area contributed by atoms with E-state index in [2.05, 4.69) is 8.75 Å². The first-order valence-corrected chi connectivity index (χ1v) is 9.22. The van der Waals surface area contributed by atoms with Crippen molar-refractivity contribution in [2.24, 2.45) is 0 Å². The Bertz CT molecular complexity index is 1240. The maximum absolute atomic E-state index is 12.1. The number of fused-ring (bicyclic) bond motifs is 3. The summed E-state index contributed by atoms with van der Waals surface area (Å²) in [5.41, 5.74) is 3.06. The smallest absolute Gasteiger partial charge is 0.335 e. The lowest BCUT2D eigenvalue weighted by molar-refractivity contribution is -0.135. The number of carbonyl (C=O) groups is 2. The van der Waals surface area contributed by atoms with Crippen molar-refractivity contribution in [1.82, 2.24) is 8.75 Å². The molecule has 1 atom stereocenters. The first kappa shape index (κ1) is 16.6. The number of benzene rings is 2. The fourth-order valence-electron chi connectivity index (χ4n) is 3.46. The van der Waals surface area contributed by atoms with Crippen LogP contribution in [0.2, 0.25) is 0 Å². The third-order valence-electron chi connectivity index (χ3n) is 4.73. The number of furan rings is 1. The zero-order valence-electron chi connectivity index (χ0n) is 14.3. The van der Waals surface area contributed by atoms with Crippen LogP contribution < -0.4 is 4.74 Å². The summed E-state index contributed by atoms with van der Waals surface area (Å²) >= 11 is 1.10. The molecule has 2 aromatic heterocycles. The van der Waals surface area contributed by atoms with Gasteiger partial charge in [-0.25, -0.2) is 4.79 Å². The van der Waals surface area contributed by atoms with E-state index in [9.17, 15) is 14.7 Å². The lowest BCUT2D eigenvalue weighted by atomic mass is 9.89. The molecule has 0 amide bonds. The summed E-state index contributed by atoms with van der Waals surface area (Å²) in [5, 5.41) is 9.19. The zero-order valence-corrected chi connectivity index (χ0v) is 15.1. The van der Waals surface area contributed by atoms with Gasteiger partial charge < -0.3 is 14.3 Å². The van der Waals surface area contributed by atoms with Crippen LogP contribution in [0.5, 0.6) is 5.75 Å². The molecule has 0 fully saturated rings. The van der Waals surface area contributed by atoms with Gasteiger partial charge in [-0.2, -0.15) is 8.75 Å². The number of carboxylic acids is 1. The third kappa shape index (κ3) is 2.66. The van der Waals surface area contributed by atoms with Crippen LogP contribution in [0, 0.1) is 0 Å². The van der Waals surface area contributed by atoms with Crippen LogP contribution in [0.15, 0.2) is 52.9 Å². The molecular weight excluding hydrogens is 380 g/mol. The zero-order chi connectivity index (χ0) is 19.3. The van der Waals surface area contributed by atoms with Gasteiger partial charge in [-0.05, 0) is 36.4 Å². The third-order valence-corrected chi connectivity index (χ3v) is 5.28. The standard InChI is InChI=1S/C20H12N2O5S/c23-17-9-12(18-16(27-17)5-4-13-19(18)22-28-21-13)15-7-6-14(26-15)10-2-1-3-11(8-10)20(24)25/h1-8,12H,9H2,(H,24,25). The molecule has 3 heterocycles. The summed E-state index contributed by atoms with van der Waals surface area (Å²) in [6.07, 6.45) is 0.131. The highest BCUT2D eigenvalue weighted by Gasteiger charge is 2.33. The number of aromatic carboxylic acids is 1. The van der Waals surface area contributed by atoms with Gasteiger partial charge in [0, 0.05) is 11.1 Å². The molecule has 1 aliphatic heterocycles. The Morgan fingerprint density at radius 2 is 2.04 bits per heavy atom. The van der Waals surface area contributed by atoms with Gasteiger partial charge in [0.25, 0.3) is 0 Å². The van der Waals surface area contributed by atoms with E-state index in [0.717, 1.165) is 22.8 Å². The van der Waals surface area contributed by atoms with Crippen molar-refractivity contribution in [3.8, 4) is 17.1 Å². The summed E-state index contributed by atoms with van der Waals surface area (Å²) in [5.74, 6) is -0.106. The van der Waals surface area contributed by atoms with Gasteiger partial charge in [-0.1, -0.05) is 12.1 Å². The Kier molecular flexibility index (Phi) is 3.73. The van der Waals surface area contributed by atoms with Gasteiger partial charge in [-0.3, -0.25) is 4.79 Å². The minimum absolute atomic E-state index is 0.131. The average molecular weight is 392 g/mol. The van der Waals surface area contributed by atoms with Crippen LogP contribution in [0.4, 0.5) is 0 Å². The van der Waals surface area contributed by atoms with Crippen LogP contribution >= 0.6 is 11.7 Å². The number of carbonyl (C=O) groups excluding carboxylic acids is 1. The molecule has 8 heteroatoms. The van der Waals surface area contributed by atoms with Crippen LogP contribution in [-0.2, 0) is 4.79 Å². The number of esters is 1. The van der Waals surface area contributed by atoms with Crippen molar-refractivity contribution < 1.29 is 23.8 Å². The topological polar surface area (TPSA) is 103 Å². The maximum atomic E-state index is 12.1. The van der Waals surface area contributed by atoms with Gasteiger partial charge in [0.15, 0.2) is 0 Å². The van der Waals surface area contributed by atoms with Gasteiger partial charge in [-0.15, -0.1) is 0 Å². The van der Waals surface area contributed by atoms with Crippen LogP contribution in [0.25, 0.3) is 22.4 Å². The molecule has 4 aromatic rings. The predicted molar refractivity (Wildman–Crippen MR) is 101 cm³/mol. The summed E-state index contributed by atoms with van der Waals surface area (Å²) in [7, 11) is 0. The molecule has 0 saturated carbocycles. The van der Waals surface area contributed by atoms with Crippen molar-refractivity contribution in [2.45, 2.75) is 12.3 Å². The summed E-state index contributed by atoms with van der Waals surface area (Å²) in [6.45, 7) is 0. The SMILES string of the molecule is O=C1CC(c2ccc(-c3cccc(C(=O)O)c3)o2)c2c(ccc3nsnc23)O1. The van der Waals surface area contributed by atoms with E-state index in [1.54, 1.807) is 42.5 Å². The Hall–Kier alpha value is -3.52. The summed E-state index contributed by atoms with van der Waals surface area (Å²) < 4.78 is 20.0. The molecule has 0 bridgehead atoms. The van der Waals surface area contributed by atoms with E-state index in [0.29, 0.717) is 28.4 Å². The molecule has 5 rings (SSSR count). The molecule has 0 spiro atoms. The van der Waals surface area contributed by atoms with Gasteiger partial charge >= 0.3 is 11.9 Å². The molecule has 0 aliphatic carbocycles. The van der Waals surface area contributed by atoms with Crippen molar-refractivity contribution in [3.05, 3.63) is 65.4 Å². The summed E-state index contributed by atoms with van der Waals surface area (Å²) in [6, 6.07) is 13.6. The average Bonchev–Trinajstić information content (AvgIpc) is 3.36. The second-order valence-electron chi connectivity index (χ2n) is 6.43. The lowest BCUT2D eigenvalue weighted by Crippen LogP contribution is -2.21. The van der Waals surface area contributed by atoms with E-state index in [-0.39, 0.29) is 23.9 Å². The minimum atomic E-state index is -1.00. The predicted octanol–water partition coefficient (Wildman–Crippen LogP) is 4.09. The van der Waals surface area contributed by atoms with Crippen molar-refractivity contribution in [1.29, 1.82) is 0 Å². The second-order valence-corrected chi connectivity index (χ2v) is 6.96. The van der Waals surface area contributed by atoms with Crippen molar-refractivity contribution in [3.63, 3.8) is 0 Å². The van der Waals surface area contributed by atoms with E-state index in [4.69, 9.17) is 9.15 Å². The molecule has 0 saturated heterocycles. The molecule has 1 aliphatic rings. The quantitative estimate of drug-likeness (QED) is 0.414. The highest BCUT2D eigenvalue weighted by atomic mass is 32.1. The molecule has 28 heavy (non-hydrogen) atoms. The summed E-state index contributed by atoms with van der Waals surface area (Å²) in [4.78, 5) is 23.3. The number of hydrogen-bond acceptors (Lipinski definition) is 7. The highest BCUT2D eigenvalue weighted by molar-refractivity contribution is 7.00. The number of carboxylic acid groups (broad SMARTS) is 1. The monoisotopic (exact) mass is 392 g/mol. The van der Waals surface area contributed by atoms with Gasteiger partial charge in [0.05, 0.1) is 29.6 Å². The molecular formula is C20H12N2O5S. The number of rotatable bonds is 3. The largest absolute Gasteiger partial charge is 0.478 e. The van der Waals surface area contributed by atoms with Crippen LogP contribution in [0.1, 0.15) is 34.0 Å². The lowest BCUT2D eigenvalue weighted by Gasteiger charge is -2.23. The molecule has 2 aromatic carbocycles. The van der Waals surface area contributed by atoms with Gasteiger partial charge in [0.1, 0.15) is 28.3 Å². The van der Waals surface area contributed by atoms with Crippen LogP contribution in [-0.4, -0.2) is 25.8 Å². The number of hydrogen-bond donors (Lipinski definition) is 1. The normalized spacial score (nSPS) is 16.0. The molecule has 7 nitrogen and oxygen atoms in total. The Balaban J connectivity index is 1.60. The van der Waals surface area contributed by atoms with Crippen molar-refractivity contribution >= 4 is 34.7 Å². The minimum Gasteiger partial charge on any atom is -0.478 e. The Morgan fingerprint density at radius 3 is 2.89 bits per heavy atom. The highest BCUT2D eigenvalue weighted by Crippen LogP contribution is 2.43. The molecule has 138 valence electrons. The fraction of sp³-hybridized carbons (Fsp3) is 0.100. The van der Waals surface area contributed by atoms with E-state index in [1.807, 2.05) is 0 Å². The molecule has 1 N–H and O–H groups in total. The maximum Gasteiger partial charge on any atom is 0.335 e. The van der Waals surface area contributed by atoms with Gasteiger partial charge in [0.2, 0.25) is 0 Å². The number of aromatic nitrogens is 2. The Labute approximate surface area is 162 Å². The first-order chi connectivity index (χ1) is 13.6. The number of ether oxygens (including phenoxy) is 1. The second kappa shape index (κ2) is 6.28. The van der Waals surface area contributed by atoms with Crippen molar-refractivity contribution in [2.75, 3.05) is 0 Å². The molecule has 1 unspecified atom stereocenters. The molecule has 0 radical (unpaired) electrons. The van der Waals surface area contributed by atoms with E-state index in [1.165, 1.54) is 6.07 Å². The first-order valence-electron chi connectivity index (χ1n) is 8.49. The van der Waals surface area contributed by atoms with E-state index < -0.39 is 5.97 Å².